The molecule has 2 aromatic rings. The van der Waals surface area contributed by atoms with Gasteiger partial charge in [0.1, 0.15) is 5.75 Å². The fourth-order valence-electron chi connectivity index (χ4n) is 1.92. The van der Waals surface area contributed by atoms with Crippen LogP contribution >= 0.6 is 0 Å². The van der Waals surface area contributed by atoms with Crippen LogP contribution in [0.25, 0.3) is 0 Å². The van der Waals surface area contributed by atoms with Crippen LogP contribution in [0.1, 0.15) is 21.5 Å². The number of rotatable bonds is 5. The SMILES string of the molecule is Cc1ccc(CCNc2ccc(O)c(C(=O)[O-])c2)cc1.[Li+]. The summed E-state index contributed by atoms with van der Waals surface area (Å²) in [6, 6.07) is 12.6. The van der Waals surface area contributed by atoms with E-state index in [-0.39, 0.29) is 30.2 Å². The van der Waals surface area contributed by atoms with Crippen LogP contribution in [0.3, 0.4) is 0 Å². The summed E-state index contributed by atoms with van der Waals surface area (Å²) in [6.45, 7) is 2.72. The van der Waals surface area contributed by atoms with Crippen LogP contribution in [-0.4, -0.2) is 17.6 Å². The zero-order valence-corrected chi connectivity index (χ0v) is 12.2. The number of carbonyl (C=O) groups excluding carboxylic acids is 1. The Hall–Kier alpha value is -1.89. The van der Waals surface area contributed by atoms with Gasteiger partial charge in [-0.25, -0.2) is 0 Å². The molecule has 0 heterocycles. The minimum atomic E-state index is -1.38. The zero-order chi connectivity index (χ0) is 14.5. The topological polar surface area (TPSA) is 72.4 Å². The van der Waals surface area contributed by atoms with Gasteiger partial charge in [-0.2, -0.15) is 0 Å². The molecule has 0 amide bonds. The third-order valence-corrected chi connectivity index (χ3v) is 3.08. The van der Waals surface area contributed by atoms with Crippen molar-refractivity contribution in [3.63, 3.8) is 0 Å². The van der Waals surface area contributed by atoms with Crippen LogP contribution < -0.4 is 29.3 Å². The number of hydrogen-bond acceptors (Lipinski definition) is 4. The Labute approximate surface area is 136 Å². The predicted molar refractivity (Wildman–Crippen MR) is 75.8 cm³/mol. The van der Waals surface area contributed by atoms with Crippen molar-refractivity contribution < 1.29 is 33.9 Å². The van der Waals surface area contributed by atoms with Gasteiger partial charge in [0.2, 0.25) is 0 Å². The van der Waals surface area contributed by atoms with Crippen LogP contribution in [0.5, 0.6) is 5.75 Å². The molecular formula is C16H16LiNO3. The molecule has 0 atom stereocenters. The maximum atomic E-state index is 10.8. The van der Waals surface area contributed by atoms with E-state index in [1.165, 1.54) is 23.3 Å². The van der Waals surface area contributed by atoms with Gasteiger partial charge >= 0.3 is 18.9 Å². The standard InChI is InChI=1S/C16H17NO3.Li/c1-11-2-4-12(5-3-11)8-9-17-13-6-7-15(18)14(10-13)16(19)20;/h2-7,10,17-18H,8-9H2,1H3,(H,19,20);/q;+1/p-1. The number of aromatic hydroxyl groups is 1. The Morgan fingerprint density at radius 3 is 2.48 bits per heavy atom. The first-order valence-electron chi connectivity index (χ1n) is 6.40. The second-order valence-corrected chi connectivity index (χ2v) is 4.68. The predicted octanol–water partition coefficient (Wildman–Crippen LogP) is -1.28. The van der Waals surface area contributed by atoms with E-state index in [9.17, 15) is 15.0 Å². The molecule has 0 spiro atoms. The Morgan fingerprint density at radius 1 is 1.19 bits per heavy atom. The first-order chi connectivity index (χ1) is 9.56. The van der Waals surface area contributed by atoms with Crippen molar-refractivity contribution in [2.24, 2.45) is 0 Å². The fourth-order valence-corrected chi connectivity index (χ4v) is 1.92. The summed E-state index contributed by atoms with van der Waals surface area (Å²) in [5.41, 5.74) is 2.88. The quantitative estimate of drug-likeness (QED) is 0.527. The van der Waals surface area contributed by atoms with Gasteiger partial charge in [-0.05, 0) is 37.1 Å². The Balaban J connectivity index is 0.00000220. The molecule has 0 aliphatic rings. The van der Waals surface area contributed by atoms with Gasteiger partial charge < -0.3 is 20.3 Å². The molecule has 2 aromatic carbocycles. The van der Waals surface area contributed by atoms with Crippen LogP contribution in [0.15, 0.2) is 42.5 Å². The number of hydrogen-bond donors (Lipinski definition) is 2. The van der Waals surface area contributed by atoms with E-state index in [0.29, 0.717) is 12.2 Å². The fraction of sp³-hybridized carbons (Fsp3) is 0.188. The van der Waals surface area contributed by atoms with Gasteiger partial charge in [-0.3, -0.25) is 0 Å². The summed E-state index contributed by atoms with van der Waals surface area (Å²) in [5, 5.41) is 23.3. The normalized spacial score (nSPS) is 9.76. The van der Waals surface area contributed by atoms with Crippen molar-refractivity contribution in [1.82, 2.24) is 0 Å². The van der Waals surface area contributed by atoms with E-state index in [4.69, 9.17) is 0 Å². The van der Waals surface area contributed by atoms with Gasteiger partial charge in [0, 0.05) is 17.8 Å². The van der Waals surface area contributed by atoms with Crippen molar-refractivity contribution in [3.8, 4) is 5.75 Å². The molecule has 0 aliphatic carbocycles. The minimum absolute atomic E-state index is 0. The number of aryl methyl sites for hydroxylation is 1. The summed E-state index contributed by atoms with van der Waals surface area (Å²) in [4.78, 5) is 10.8. The summed E-state index contributed by atoms with van der Waals surface area (Å²) in [7, 11) is 0. The summed E-state index contributed by atoms with van der Waals surface area (Å²) < 4.78 is 0. The molecule has 0 unspecified atom stereocenters. The Kier molecular flexibility index (Phi) is 6.35. The summed E-state index contributed by atoms with van der Waals surface area (Å²) in [5.74, 6) is -1.67. The van der Waals surface area contributed by atoms with Crippen molar-refractivity contribution in [3.05, 3.63) is 59.2 Å². The molecule has 0 aliphatic heterocycles. The second kappa shape index (κ2) is 7.77. The van der Waals surface area contributed by atoms with Crippen molar-refractivity contribution >= 4 is 11.7 Å². The number of benzene rings is 2. The molecule has 2 rings (SSSR count). The maximum absolute atomic E-state index is 10.8. The van der Waals surface area contributed by atoms with E-state index in [2.05, 4.69) is 29.6 Å². The number of carboxylic acids is 1. The van der Waals surface area contributed by atoms with Crippen LogP contribution in [0.2, 0.25) is 0 Å². The molecule has 4 nitrogen and oxygen atoms in total. The molecular weight excluding hydrogens is 261 g/mol. The van der Waals surface area contributed by atoms with E-state index in [1.54, 1.807) is 6.07 Å². The summed E-state index contributed by atoms with van der Waals surface area (Å²) >= 11 is 0. The monoisotopic (exact) mass is 277 g/mol. The number of aromatic carboxylic acids is 1. The molecule has 5 heteroatoms. The van der Waals surface area contributed by atoms with Gasteiger partial charge in [-0.15, -0.1) is 0 Å². The van der Waals surface area contributed by atoms with E-state index < -0.39 is 5.97 Å². The number of nitrogens with one attached hydrogen (secondary N) is 1. The molecule has 21 heavy (non-hydrogen) atoms. The number of phenols is 1. The molecule has 0 fully saturated rings. The smallest absolute Gasteiger partial charge is 0.545 e. The van der Waals surface area contributed by atoms with Crippen molar-refractivity contribution in [1.29, 1.82) is 0 Å². The van der Waals surface area contributed by atoms with Crippen LogP contribution in [-0.2, 0) is 6.42 Å². The van der Waals surface area contributed by atoms with Crippen molar-refractivity contribution in [2.75, 3.05) is 11.9 Å². The van der Waals surface area contributed by atoms with Gasteiger partial charge in [0.05, 0.1) is 5.97 Å². The maximum Gasteiger partial charge on any atom is 1.00 e. The Bertz CT molecular complexity index is 611. The average molecular weight is 277 g/mol. The largest absolute Gasteiger partial charge is 1.00 e. The van der Waals surface area contributed by atoms with Crippen LogP contribution in [0, 0.1) is 6.92 Å². The number of anilines is 1. The van der Waals surface area contributed by atoms with E-state index in [0.717, 1.165) is 6.42 Å². The third-order valence-electron chi connectivity index (χ3n) is 3.08. The van der Waals surface area contributed by atoms with Gasteiger partial charge in [0.15, 0.2) is 0 Å². The van der Waals surface area contributed by atoms with Gasteiger partial charge in [-0.1, -0.05) is 29.8 Å². The number of carbonyl (C=O) groups is 1. The van der Waals surface area contributed by atoms with Crippen molar-refractivity contribution in [2.45, 2.75) is 13.3 Å². The average Bonchev–Trinajstić information content (AvgIpc) is 2.42. The van der Waals surface area contributed by atoms with E-state index in [1.807, 2.05) is 6.92 Å². The minimum Gasteiger partial charge on any atom is -0.545 e. The molecule has 0 saturated carbocycles. The first-order valence-corrected chi connectivity index (χ1v) is 6.40. The zero-order valence-electron chi connectivity index (χ0n) is 12.2. The number of carboxylic acid groups (broad SMARTS) is 1. The molecule has 0 saturated heterocycles. The molecule has 0 aromatic heterocycles. The van der Waals surface area contributed by atoms with Gasteiger partial charge in [0.25, 0.3) is 0 Å². The first kappa shape index (κ1) is 17.2. The Morgan fingerprint density at radius 2 is 1.86 bits per heavy atom. The molecule has 0 bridgehead atoms. The van der Waals surface area contributed by atoms with Crippen LogP contribution in [0.4, 0.5) is 5.69 Å². The molecule has 104 valence electrons. The third kappa shape index (κ3) is 4.85. The second-order valence-electron chi connectivity index (χ2n) is 4.68. The summed E-state index contributed by atoms with van der Waals surface area (Å²) in [6.07, 6.45) is 0.835. The molecule has 2 N–H and O–H groups in total. The molecule has 0 radical (unpaired) electrons. The van der Waals surface area contributed by atoms with E-state index >= 15 is 0 Å².